The third kappa shape index (κ3) is 3.41. The number of nitrogens with two attached hydrogens (primary N) is 1. The lowest BCUT2D eigenvalue weighted by Gasteiger charge is -2.30. The molecule has 1 aliphatic rings. The van der Waals surface area contributed by atoms with Gasteiger partial charge in [0, 0.05) is 19.3 Å². The Morgan fingerprint density at radius 2 is 2.00 bits per heavy atom. The molecular formula is C15H24BrN3. The summed E-state index contributed by atoms with van der Waals surface area (Å²) in [5, 5.41) is 0. The van der Waals surface area contributed by atoms with Crippen LogP contribution in [0.5, 0.6) is 0 Å². The summed E-state index contributed by atoms with van der Waals surface area (Å²) >= 11 is 3.58. The third-order valence-electron chi connectivity index (χ3n) is 4.17. The Kier molecular flexibility index (Phi) is 4.39. The van der Waals surface area contributed by atoms with Crippen molar-refractivity contribution >= 4 is 27.3 Å². The highest BCUT2D eigenvalue weighted by Crippen LogP contribution is 2.38. The molecule has 1 saturated heterocycles. The van der Waals surface area contributed by atoms with Crippen molar-refractivity contribution in [2.45, 2.75) is 40.0 Å². The molecule has 2 N–H and O–H groups in total. The first-order valence-electron chi connectivity index (χ1n) is 7.03. The normalized spacial score (nSPS) is 21.3. The molecule has 1 unspecified atom stereocenters. The van der Waals surface area contributed by atoms with Gasteiger partial charge >= 0.3 is 0 Å². The third-order valence-corrected chi connectivity index (χ3v) is 4.75. The van der Waals surface area contributed by atoms with E-state index in [1.165, 1.54) is 19.3 Å². The van der Waals surface area contributed by atoms with Crippen molar-refractivity contribution < 1.29 is 0 Å². The van der Waals surface area contributed by atoms with Gasteiger partial charge in [0.25, 0.3) is 0 Å². The van der Waals surface area contributed by atoms with E-state index in [9.17, 15) is 0 Å². The molecule has 0 saturated carbocycles. The molecule has 0 radical (unpaired) electrons. The van der Waals surface area contributed by atoms with E-state index in [0.717, 1.165) is 34.9 Å². The number of anilines is 2. The molecular weight excluding hydrogens is 302 g/mol. The summed E-state index contributed by atoms with van der Waals surface area (Å²) in [5.74, 6) is 0.791. The van der Waals surface area contributed by atoms with E-state index in [1.54, 1.807) is 6.20 Å². The average molecular weight is 326 g/mol. The van der Waals surface area contributed by atoms with Gasteiger partial charge in [-0.2, -0.15) is 0 Å². The number of pyridine rings is 1. The van der Waals surface area contributed by atoms with Crippen molar-refractivity contribution in [3.63, 3.8) is 0 Å². The van der Waals surface area contributed by atoms with Gasteiger partial charge in [-0.15, -0.1) is 0 Å². The lowest BCUT2D eigenvalue weighted by molar-refractivity contribution is 0.220. The Labute approximate surface area is 124 Å². The fraction of sp³-hybridized carbons (Fsp3) is 0.667. The number of aromatic nitrogens is 1. The summed E-state index contributed by atoms with van der Waals surface area (Å²) in [6, 6.07) is 0. The standard InChI is InChI=1S/C15H24BrN3/c1-15(2,3)11-5-4-7-19(8-6-11)14-12(16)9-18-10-13(14)17/h9-11H,4-8,17H2,1-3H3. The van der Waals surface area contributed by atoms with Crippen LogP contribution in [-0.2, 0) is 0 Å². The van der Waals surface area contributed by atoms with E-state index in [2.05, 4.69) is 46.6 Å². The first-order chi connectivity index (χ1) is 8.89. The summed E-state index contributed by atoms with van der Waals surface area (Å²) in [6.45, 7) is 9.21. The molecule has 0 bridgehead atoms. The second-order valence-electron chi connectivity index (χ2n) is 6.54. The quantitative estimate of drug-likeness (QED) is 0.845. The van der Waals surface area contributed by atoms with Crippen molar-refractivity contribution in [1.82, 2.24) is 4.98 Å². The van der Waals surface area contributed by atoms with Gasteiger partial charge in [0.1, 0.15) is 0 Å². The Bertz CT molecular complexity index is 419. The summed E-state index contributed by atoms with van der Waals surface area (Å²) in [4.78, 5) is 6.53. The lowest BCUT2D eigenvalue weighted by Crippen LogP contribution is -2.27. The number of hydrogen-bond acceptors (Lipinski definition) is 3. The molecule has 1 aromatic rings. The first kappa shape index (κ1) is 14.6. The Morgan fingerprint density at radius 1 is 1.26 bits per heavy atom. The topological polar surface area (TPSA) is 42.1 Å². The minimum absolute atomic E-state index is 0.400. The van der Waals surface area contributed by atoms with Crippen LogP contribution in [0.15, 0.2) is 16.9 Å². The SMILES string of the molecule is CC(C)(C)C1CCCN(c2c(N)cncc2Br)CC1. The molecule has 0 aliphatic carbocycles. The Morgan fingerprint density at radius 3 is 2.63 bits per heavy atom. The van der Waals surface area contributed by atoms with Gasteiger partial charge in [-0.25, -0.2) is 0 Å². The van der Waals surface area contributed by atoms with E-state index in [-0.39, 0.29) is 0 Å². The van der Waals surface area contributed by atoms with Crippen molar-refractivity contribution in [2.75, 3.05) is 23.7 Å². The second kappa shape index (κ2) is 5.70. The van der Waals surface area contributed by atoms with Crippen LogP contribution in [0.1, 0.15) is 40.0 Å². The van der Waals surface area contributed by atoms with Crippen LogP contribution in [0, 0.1) is 11.3 Å². The van der Waals surface area contributed by atoms with E-state index in [4.69, 9.17) is 5.73 Å². The monoisotopic (exact) mass is 325 g/mol. The minimum Gasteiger partial charge on any atom is -0.396 e. The molecule has 0 spiro atoms. The van der Waals surface area contributed by atoms with Crippen LogP contribution in [0.25, 0.3) is 0 Å². The van der Waals surface area contributed by atoms with Crippen molar-refractivity contribution in [2.24, 2.45) is 11.3 Å². The first-order valence-corrected chi connectivity index (χ1v) is 7.83. The predicted molar refractivity (Wildman–Crippen MR) is 85.4 cm³/mol. The Hall–Kier alpha value is -0.770. The molecule has 0 amide bonds. The van der Waals surface area contributed by atoms with Gasteiger partial charge in [-0.3, -0.25) is 4.98 Å². The van der Waals surface area contributed by atoms with Gasteiger partial charge in [-0.05, 0) is 46.5 Å². The van der Waals surface area contributed by atoms with Gasteiger partial charge in [0.15, 0.2) is 0 Å². The van der Waals surface area contributed by atoms with Crippen LogP contribution in [-0.4, -0.2) is 18.1 Å². The molecule has 2 rings (SSSR count). The average Bonchev–Trinajstić information content (AvgIpc) is 2.54. The maximum Gasteiger partial charge on any atom is 0.0776 e. The highest BCUT2D eigenvalue weighted by molar-refractivity contribution is 9.10. The molecule has 106 valence electrons. The number of nitrogens with zero attached hydrogens (tertiary/aromatic N) is 2. The summed E-state index contributed by atoms with van der Waals surface area (Å²) < 4.78 is 1.00. The van der Waals surface area contributed by atoms with Crippen molar-refractivity contribution in [1.29, 1.82) is 0 Å². The smallest absolute Gasteiger partial charge is 0.0776 e. The fourth-order valence-electron chi connectivity index (χ4n) is 2.96. The highest BCUT2D eigenvalue weighted by Gasteiger charge is 2.28. The van der Waals surface area contributed by atoms with Crippen LogP contribution in [0.2, 0.25) is 0 Å². The summed E-state index contributed by atoms with van der Waals surface area (Å²) in [5.41, 5.74) is 8.37. The number of rotatable bonds is 1. The van der Waals surface area contributed by atoms with E-state index in [0.29, 0.717) is 5.41 Å². The van der Waals surface area contributed by atoms with E-state index < -0.39 is 0 Å². The predicted octanol–water partition coefficient (Wildman–Crippen LogP) is 4.08. The van der Waals surface area contributed by atoms with Crippen LogP contribution < -0.4 is 10.6 Å². The minimum atomic E-state index is 0.400. The number of hydrogen-bond donors (Lipinski definition) is 1. The molecule has 1 aromatic heterocycles. The molecule has 2 heterocycles. The molecule has 1 fully saturated rings. The zero-order valence-corrected chi connectivity index (χ0v) is 13.7. The van der Waals surface area contributed by atoms with Gasteiger partial charge in [0.2, 0.25) is 0 Å². The molecule has 3 nitrogen and oxygen atoms in total. The summed E-state index contributed by atoms with van der Waals surface area (Å²) in [7, 11) is 0. The van der Waals surface area contributed by atoms with E-state index >= 15 is 0 Å². The lowest BCUT2D eigenvalue weighted by atomic mass is 9.77. The van der Waals surface area contributed by atoms with E-state index in [1.807, 2.05) is 6.20 Å². The van der Waals surface area contributed by atoms with Crippen LogP contribution >= 0.6 is 15.9 Å². The fourth-order valence-corrected chi connectivity index (χ4v) is 3.56. The maximum atomic E-state index is 6.09. The van der Waals surface area contributed by atoms with Gasteiger partial charge in [-0.1, -0.05) is 20.8 Å². The number of halogens is 1. The summed E-state index contributed by atoms with van der Waals surface area (Å²) in [6.07, 6.45) is 7.35. The zero-order valence-electron chi connectivity index (χ0n) is 12.1. The zero-order chi connectivity index (χ0) is 14.0. The maximum absolute atomic E-state index is 6.09. The highest BCUT2D eigenvalue weighted by atomic mass is 79.9. The Balaban J connectivity index is 2.16. The van der Waals surface area contributed by atoms with Crippen LogP contribution in [0.3, 0.4) is 0 Å². The molecule has 19 heavy (non-hydrogen) atoms. The van der Waals surface area contributed by atoms with Crippen LogP contribution in [0.4, 0.5) is 11.4 Å². The van der Waals surface area contributed by atoms with Crippen molar-refractivity contribution in [3.05, 3.63) is 16.9 Å². The van der Waals surface area contributed by atoms with Gasteiger partial charge in [0.05, 0.1) is 22.0 Å². The number of nitrogen functional groups attached to an aromatic ring is 1. The largest absolute Gasteiger partial charge is 0.396 e. The molecule has 1 atom stereocenters. The second-order valence-corrected chi connectivity index (χ2v) is 7.39. The molecule has 1 aliphatic heterocycles. The molecule has 0 aromatic carbocycles. The van der Waals surface area contributed by atoms with Crippen molar-refractivity contribution in [3.8, 4) is 0 Å². The van der Waals surface area contributed by atoms with Gasteiger partial charge < -0.3 is 10.6 Å². The molecule has 4 heteroatoms.